The molecule has 0 heterocycles. The molecule has 0 saturated heterocycles. The fourth-order valence-corrected chi connectivity index (χ4v) is 2.57. The predicted octanol–water partition coefficient (Wildman–Crippen LogP) is 2.25. The lowest BCUT2D eigenvalue weighted by atomic mass is 9.82. The molecule has 3 N–H and O–H groups in total. The Labute approximate surface area is 102 Å². The molecule has 1 aliphatic rings. The molecule has 17 heavy (non-hydrogen) atoms. The number of rotatable bonds is 4. The Morgan fingerprint density at radius 1 is 1.35 bits per heavy atom. The number of carbonyl (C=O) groups is 1. The quantitative estimate of drug-likeness (QED) is 0.838. The van der Waals surface area contributed by atoms with Gasteiger partial charge in [-0.25, -0.2) is 0 Å². The molecule has 1 fully saturated rings. The topological polar surface area (TPSA) is 63.3 Å². The highest BCUT2D eigenvalue weighted by atomic mass is 16.4. The molecule has 0 aromatic heterocycles. The summed E-state index contributed by atoms with van der Waals surface area (Å²) >= 11 is 0. The van der Waals surface area contributed by atoms with Gasteiger partial charge in [0.2, 0.25) is 0 Å². The van der Waals surface area contributed by atoms with Gasteiger partial charge >= 0.3 is 5.97 Å². The van der Waals surface area contributed by atoms with Gasteiger partial charge in [0.1, 0.15) is 6.04 Å². The third-order valence-electron chi connectivity index (χ3n) is 3.77. The maximum Gasteiger partial charge on any atom is 0.321 e. The largest absolute Gasteiger partial charge is 0.480 e. The molecule has 1 unspecified atom stereocenters. The van der Waals surface area contributed by atoms with Gasteiger partial charge in [-0.3, -0.25) is 4.79 Å². The number of benzene rings is 1. The number of nitrogens with two attached hydrogens (primary N) is 1. The number of carboxylic acids is 1. The van der Waals surface area contributed by atoms with Crippen LogP contribution >= 0.6 is 0 Å². The molecule has 0 spiro atoms. The lowest BCUT2D eigenvalue weighted by molar-refractivity contribution is -0.139. The summed E-state index contributed by atoms with van der Waals surface area (Å²) in [4.78, 5) is 11.1. The molecule has 0 radical (unpaired) electrons. The molecule has 0 amide bonds. The Bertz CT molecular complexity index is 436. The molecule has 2 rings (SSSR count). The second-order valence-corrected chi connectivity index (χ2v) is 5.21. The molecular weight excluding hydrogens is 214 g/mol. The lowest BCUT2D eigenvalue weighted by Crippen LogP contribution is -2.42. The van der Waals surface area contributed by atoms with Gasteiger partial charge in [0.05, 0.1) is 0 Å². The van der Waals surface area contributed by atoms with Crippen molar-refractivity contribution < 1.29 is 9.90 Å². The number of carboxylic acid groups (broad SMARTS) is 1. The van der Waals surface area contributed by atoms with Crippen LogP contribution in [-0.2, 0) is 10.2 Å². The lowest BCUT2D eigenvalue weighted by Gasteiger charge is -2.24. The number of hydrogen-bond acceptors (Lipinski definition) is 2. The monoisotopic (exact) mass is 233 g/mol. The van der Waals surface area contributed by atoms with E-state index in [0.29, 0.717) is 5.92 Å². The van der Waals surface area contributed by atoms with Crippen LogP contribution in [0.1, 0.15) is 43.7 Å². The molecule has 1 aromatic carbocycles. The highest BCUT2D eigenvalue weighted by Crippen LogP contribution is 2.52. The SMILES string of the molecule is CC(C)c1ccccc1C1(C(N)C(=O)O)CC1. The average molecular weight is 233 g/mol. The van der Waals surface area contributed by atoms with Crippen molar-refractivity contribution in [2.75, 3.05) is 0 Å². The molecule has 3 heteroatoms. The first-order valence-corrected chi connectivity index (χ1v) is 6.07. The zero-order valence-electron chi connectivity index (χ0n) is 10.3. The fourth-order valence-electron chi connectivity index (χ4n) is 2.57. The third kappa shape index (κ3) is 1.95. The van der Waals surface area contributed by atoms with Crippen molar-refractivity contribution in [3.63, 3.8) is 0 Å². The van der Waals surface area contributed by atoms with Crippen LogP contribution in [0.4, 0.5) is 0 Å². The molecule has 0 aliphatic heterocycles. The highest BCUT2D eigenvalue weighted by Gasteiger charge is 2.53. The van der Waals surface area contributed by atoms with Crippen LogP contribution in [-0.4, -0.2) is 17.1 Å². The van der Waals surface area contributed by atoms with Gasteiger partial charge in [0.25, 0.3) is 0 Å². The zero-order chi connectivity index (χ0) is 12.6. The highest BCUT2D eigenvalue weighted by molar-refractivity contribution is 5.77. The van der Waals surface area contributed by atoms with Crippen LogP contribution in [0, 0.1) is 0 Å². The van der Waals surface area contributed by atoms with Crippen LogP contribution in [0.25, 0.3) is 0 Å². The summed E-state index contributed by atoms with van der Waals surface area (Å²) in [5.41, 5.74) is 7.88. The minimum absolute atomic E-state index is 0.327. The normalized spacial score (nSPS) is 19.1. The van der Waals surface area contributed by atoms with Crippen molar-refractivity contribution in [1.29, 1.82) is 0 Å². The van der Waals surface area contributed by atoms with E-state index in [1.165, 1.54) is 5.56 Å². The van der Waals surface area contributed by atoms with E-state index in [1.807, 2.05) is 18.2 Å². The molecule has 3 nitrogen and oxygen atoms in total. The van der Waals surface area contributed by atoms with E-state index >= 15 is 0 Å². The Balaban J connectivity index is 2.44. The van der Waals surface area contributed by atoms with Crippen molar-refractivity contribution >= 4 is 5.97 Å². The van der Waals surface area contributed by atoms with Gasteiger partial charge in [0, 0.05) is 5.41 Å². The van der Waals surface area contributed by atoms with Crippen LogP contribution in [0.2, 0.25) is 0 Å². The van der Waals surface area contributed by atoms with Crippen LogP contribution in [0.5, 0.6) is 0 Å². The minimum atomic E-state index is -0.902. The van der Waals surface area contributed by atoms with Crippen molar-refractivity contribution in [2.24, 2.45) is 5.73 Å². The molecule has 1 saturated carbocycles. The summed E-state index contributed by atoms with van der Waals surface area (Å²) in [7, 11) is 0. The van der Waals surface area contributed by atoms with Gasteiger partial charge in [0.15, 0.2) is 0 Å². The van der Waals surface area contributed by atoms with Crippen LogP contribution in [0.15, 0.2) is 24.3 Å². The summed E-state index contributed by atoms with van der Waals surface area (Å²) < 4.78 is 0. The van der Waals surface area contributed by atoms with Gasteiger partial charge in [-0.05, 0) is 29.9 Å². The van der Waals surface area contributed by atoms with Crippen molar-refractivity contribution in [3.05, 3.63) is 35.4 Å². The van der Waals surface area contributed by atoms with Crippen LogP contribution in [0.3, 0.4) is 0 Å². The van der Waals surface area contributed by atoms with E-state index in [2.05, 4.69) is 19.9 Å². The summed E-state index contributed by atoms with van der Waals surface area (Å²) in [6.07, 6.45) is 1.76. The van der Waals surface area contributed by atoms with Gasteiger partial charge in [-0.2, -0.15) is 0 Å². The standard InChI is InChI=1S/C14H19NO2/c1-9(2)10-5-3-4-6-11(10)14(7-8-14)12(15)13(16)17/h3-6,9,12H,7-8,15H2,1-2H3,(H,16,17). The van der Waals surface area contributed by atoms with E-state index in [0.717, 1.165) is 18.4 Å². The Morgan fingerprint density at radius 2 is 1.94 bits per heavy atom. The first-order valence-electron chi connectivity index (χ1n) is 6.07. The van der Waals surface area contributed by atoms with Crippen molar-refractivity contribution in [2.45, 2.75) is 44.1 Å². The van der Waals surface area contributed by atoms with Gasteiger partial charge < -0.3 is 10.8 Å². The summed E-state index contributed by atoms with van der Waals surface area (Å²) in [6.45, 7) is 4.25. The van der Waals surface area contributed by atoms with E-state index < -0.39 is 12.0 Å². The second kappa shape index (κ2) is 4.15. The van der Waals surface area contributed by atoms with Gasteiger partial charge in [-0.1, -0.05) is 38.1 Å². The molecule has 1 aromatic rings. The minimum Gasteiger partial charge on any atom is -0.480 e. The smallest absolute Gasteiger partial charge is 0.321 e. The number of hydrogen-bond donors (Lipinski definition) is 2. The van der Waals surface area contributed by atoms with Crippen molar-refractivity contribution in [1.82, 2.24) is 0 Å². The van der Waals surface area contributed by atoms with Crippen LogP contribution < -0.4 is 5.73 Å². The Hall–Kier alpha value is -1.35. The fraction of sp³-hybridized carbons (Fsp3) is 0.500. The van der Waals surface area contributed by atoms with Crippen molar-refractivity contribution in [3.8, 4) is 0 Å². The first-order chi connectivity index (χ1) is 7.99. The Morgan fingerprint density at radius 3 is 2.41 bits per heavy atom. The first kappa shape index (κ1) is 12.1. The van der Waals surface area contributed by atoms with E-state index in [4.69, 9.17) is 10.8 Å². The molecule has 1 aliphatic carbocycles. The van der Waals surface area contributed by atoms with E-state index in [-0.39, 0.29) is 5.41 Å². The molecule has 0 bridgehead atoms. The second-order valence-electron chi connectivity index (χ2n) is 5.21. The van der Waals surface area contributed by atoms with E-state index in [9.17, 15) is 4.79 Å². The van der Waals surface area contributed by atoms with Gasteiger partial charge in [-0.15, -0.1) is 0 Å². The molecule has 92 valence electrons. The maximum absolute atomic E-state index is 11.1. The Kier molecular flexibility index (Phi) is 2.96. The maximum atomic E-state index is 11.1. The average Bonchev–Trinajstić information content (AvgIpc) is 3.09. The molecular formula is C14H19NO2. The van der Waals surface area contributed by atoms with E-state index in [1.54, 1.807) is 0 Å². The summed E-state index contributed by atoms with van der Waals surface area (Å²) in [5.74, 6) is -0.509. The number of aliphatic carboxylic acids is 1. The third-order valence-corrected chi connectivity index (χ3v) is 3.77. The molecule has 1 atom stereocenters. The zero-order valence-corrected chi connectivity index (χ0v) is 10.3. The summed E-state index contributed by atoms with van der Waals surface area (Å²) in [5, 5.41) is 9.12. The predicted molar refractivity (Wildman–Crippen MR) is 67.1 cm³/mol. The summed E-state index contributed by atoms with van der Waals surface area (Å²) in [6, 6.07) is 7.29.